The van der Waals surface area contributed by atoms with E-state index in [1.54, 1.807) is 24.4 Å². The van der Waals surface area contributed by atoms with Crippen molar-refractivity contribution in [3.8, 4) is 0 Å². The molecule has 26 heavy (non-hydrogen) atoms. The van der Waals surface area contributed by atoms with Crippen molar-refractivity contribution in [1.82, 2.24) is 4.98 Å². The normalized spacial score (nSPS) is 10.0. The number of nitrogens with zero attached hydrogens (tertiary/aromatic N) is 1. The number of anilines is 4. The van der Waals surface area contributed by atoms with Gasteiger partial charge < -0.3 is 16.0 Å². The minimum Gasteiger partial charge on any atom is -0.354 e. The number of aromatic nitrogens is 1. The maximum absolute atomic E-state index is 12.1. The number of nitrogens with one attached hydrogen (secondary N) is 3. The van der Waals surface area contributed by atoms with Crippen LogP contribution in [0.5, 0.6) is 0 Å². The molecule has 0 atom stereocenters. The predicted octanol–water partition coefficient (Wildman–Crippen LogP) is 4.04. The van der Waals surface area contributed by atoms with Gasteiger partial charge in [0.25, 0.3) is 5.91 Å². The lowest BCUT2D eigenvalue weighted by atomic mass is 10.2. The molecule has 0 aliphatic rings. The molecular weight excluding hydrogens is 328 g/mol. The molecular formula is C20H18N4O2. The molecule has 1 heterocycles. The number of hydrogen-bond donors (Lipinski definition) is 3. The third-order valence-corrected chi connectivity index (χ3v) is 3.51. The van der Waals surface area contributed by atoms with Gasteiger partial charge >= 0.3 is 0 Å². The van der Waals surface area contributed by atoms with Crippen LogP contribution in [0.2, 0.25) is 0 Å². The zero-order valence-corrected chi connectivity index (χ0v) is 14.2. The monoisotopic (exact) mass is 346 g/mol. The Morgan fingerprint density at radius 2 is 1.58 bits per heavy atom. The van der Waals surface area contributed by atoms with Crippen LogP contribution in [0.3, 0.4) is 0 Å². The molecule has 1 aromatic heterocycles. The Balaban J connectivity index is 1.64. The van der Waals surface area contributed by atoms with E-state index in [1.807, 2.05) is 48.5 Å². The minimum absolute atomic E-state index is 0.123. The highest BCUT2D eigenvalue weighted by Crippen LogP contribution is 2.20. The number of carbonyl (C=O) groups is 2. The maximum Gasteiger partial charge on any atom is 0.256 e. The van der Waals surface area contributed by atoms with Crippen molar-refractivity contribution < 1.29 is 9.59 Å². The van der Waals surface area contributed by atoms with Gasteiger partial charge in [0.05, 0.1) is 11.9 Å². The number of rotatable bonds is 5. The lowest BCUT2D eigenvalue weighted by Crippen LogP contribution is -2.12. The summed E-state index contributed by atoms with van der Waals surface area (Å²) >= 11 is 0. The molecule has 6 heteroatoms. The molecule has 0 spiro atoms. The van der Waals surface area contributed by atoms with E-state index in [9.17, 15) is 9.59 Å². The summed E-state index contributed by atoms with van der Waals surface area (Å²) in [5.41, 5.74) is 2.87. The zero-order valence-electron chi connectivity index (χ0n) is 14.2. The minimum atomic E-state index is -0.207. The molecule has 3 N–H and O–H groups in total. The Morgan fingerprint density at radius 3 is 2.27 bits per heavy atom. The van der Waals surface area contributed by atoms with Crippen LogP contribution in [-0.2, 0) is 4.79 Å². The highest BCUT2D eigenvalue weighted by Gasteiger charge is 2.06. The van der Waals surface area contributed by atoms with Gasteiger partial charge in [0.15, 0.2) is 0 Å². The first kappa shape index (κ1) is 17.2. The van der Waals surface area contributed by atoms with Crippen molar-refractivity contribution in [2.75, 3.05) is 16.0 Å². The topological polar surface area (TPSA) is 83.1 Å². The van der Waals surface area contributed by atoms with E-state index in [0.717, 1.165) is 11.4 Å². The lowest BCUT2D eigenvalue weighted by Gasteiger charge is -2.09. The van der Waals surface area contributed by atoms with Crippen LogP contribution in [-0.4, -0.2) is 16.8 Å². The first-order valence-electron chi connectivity index (χ1n) is 8.07. The SMILES string of the molecule is CC(=O)Nc1cccc(Nc2ccc(NC(=O)c3ccccc3)nc2)c1. The average Bonchev–Trinajstić information content (AvgIpc) is 2.64. The Labute approximate surface area is 151 Å². The fourth-order valence-corrected chi connectivity index (χ4v) is 2.36. The predicted molar refractivity (Wildman–Crippen MR) is 103 cm³/mol. The largest absolute Gasteiger partial charge is 0.354 e. The summed E-state index contributed by atoms with van der Waals surface area (Å²) in [4.78, 5) is 27.5. The average molecular weight is 346 g/mol. The van der Waals surface area contributed by atoms with Crippen LogP contribution in [0.15, 0.2) is 72.9 Å². The van der Waals surface area contributed by atoms with Crippen molar-refractivity contribution in [3.05, 3.63) is 78.5 Å². The van der Waals surface area contributed by atoms with Crippen molar-refractivity contribution in [1.29, 1.82) is 0 Å². The zero-order chi connectivity index (χ0) is 18.4. The van der Waals surface area contributed by atoms with Gasteiger partial charge in [-0.3, -0.25) is 9.59 Å². The van der Waals surface area contributed by atoms with E-state index < -0.39 is 0 Å². The van der Waals surface area contributed by atoms with Crippen LogP contribution < -0.4 is 16.0 Å². The standard InChI is InChI=1S/C20H18N4O2/c1-14(25)22-16-8-5-9-17(12-16)23-18-10-11-19(21-13-18)24-20(26)15-6-3-2-4-7-15/h2-13,23H,1H3,(H,22,25)(H,21,24,26). The second kappa shape index (κ2) is 7.94. The van der Waals surface area contributed by atoms with E-state index >= 15 is 0 Å². The summed E-state index contributed by atoms with van der Waals surface area (Å²) in [6.07, 6.45) is 1.63. The molecule has 0 saturated heterocycles. The fourth-order valence-electron chi connectivity index (χ4n) is 2.36. The molecule has 2 amide bonds. The van der Waals surface area contributed by atoms with Crippen LogP contribution >= 0.6 is 0 Å². The molecule has 0 aliphatic carbocycles. The number of benzene rings is 2. The molecule has 0 saturated carbocycles. The second-order valence-electron chi connectivity index (χ2n) is 5.64. The van der Waals surface area contributed by atoms with Crippen LogP contribution in [0, 0.1) is 0 Å². The van der Waals surface area contributed by atoms with Crippen molar-refractivity contribution in [2.45, 2.75) is 6.92 Å². The highest BCUT2D eigenvalue weighted by molar-refractivity contribution is 6.03. The van der Waals surface area contributed by atoms with Crippen LogP contribution in [0.1, 0.15) is 17.3 Å². The Bertz CT molecular complexity index is 909. The summed E-state index contributed by atoms with van der Waals surface area (Å²) in [7, 11) is 0. The maximum atomic E-state index is 12.1. The fraction of sp³-hybridized carbons (Fsp3) is 0.0500. The molecule has 0 fully saturated rings. The van der Waals surface area contributed by atoms with E-state index in [0.29, 0.717) is 17.1 Å². The summed E-state index contributed by atoms with van der Waals surface area (Å²) in [6, 6.07) is 19.9. The number of carbonyl (C=O) groups excluding carboxylic acids is 2. The van der Waals surface area contributed by atoms with Crippen LogP contribution in [0.25, 0.3) is 0 Å². The van der Waals surface area contributed by atoms with Gasteiger partial charge in [-0.15, -0.1) is 0 Å². The summed E-state index contributed by atoms with van der Waals surface area (Å²) in [5, 5.41) is 8.69. The van der Waals surface area contributed by atoms with Crippen molar-refractivity contribution in [2.24, 2.45) is 0 Å². The summed E-state index contributed by atoms with van der Waals surface area (Å²) in [6.45, 7) is 1.46. The van der Waals surface area contributed by atoms with Gasteiger partial charge in [-0.1, -0.05) is 24.3 Å². The van der Waals surface area contributed by atoms with Gasteiger partial charge in [0, 0.05) is 23.9 Å². The summed E-state index contributed by atoms with van der Waals surface area (Å²) < 4.78 is 0. The number of amides is 2. The lowest BCUT2D eigenvalue weighted by molar-refractivity contribution is -0.114. The first-order valence-corrected chi connectivity index (χ1v) is 8.07. The summed E-state index contributed by atoms with van der Waals surface area (Å²) in [5.74, 6) is 0.139. The van der Waals surface area contributed by atoms with Crippen LogP contribution in [0.4, 0.5) is 22.9 Å². The third-order valence-electron chi connectivity index (χ3n) is 3.51. The first-order chi connectivity index (χ1) is 12.6. The quantitative estimate of drug-likeness (QED) is 0.651. The van der Waals surface area contributed by atoms with Gasteiger partial charge in [0.2, 0.25) is 5.91 Å². The van der Waals surface area contributed by atoms with E-state index in [2.05, 4.69) is 20.9 Å². The molecule has 0 unspecified atom stereocenters. The highest BCUT2D eigenvalue weighted by atomic mass is 16.2. The molecule has 0 aliphatic heterocycles. The van der Waals surface area contributed by atoms with E-state index in [-0.39, 0.29) is 11.8 Å². The molecule has 0 bridgehead atoms. The molecule has 130 valence electrons. The van der Waals surface area contributed by atoms with Gasteiger partial charge in [0.1, 0.15) is 5.82 Å². The van der Waals surface area contributed by atoms with Gasteiger partial charge in [-0.2, -0.15) is 0 Å². The van der Waals surface area contributed by atoms with Crippen molar-refractivity contribution in [3.63, 3.8) is 0 Å². The molecule has 3 rings (SSSR count). The number of pyridine rings is 1. The smallest absolute Gasteiger partial charge is 0.256 e. The van der Waals surface area contributed by atoms with Gasteiger partial charge in [-0.05, 0) is 42.5 Å². The third kappa shape index (κ3) is 4.67. The Hall–Kier alpha value is -3.67. The van der Waals surface area contributed by atoms with Gasteiger partial charge in [-0.25, -0.2) is 4.98 Å². The molecule has 0 radical (unpaired) electrons. The molecule has 3 aromatic rings. The van der Waals surface area contributed by atoms with E-state index in [1.165, 1.54) is 6.92 Å². The Morgan fingerprint density at radius 1 is 0.808 bits per heavy atom. The molecule has 2 aromatic carbocycles. The number of hydrogen-bond acceptors (Lipinski definition) is 4. The van der Waals surface area contributed by atoms with E-state index in [4.69, 9.17) is 0 Å². The van der Waals surface area contributed by atoms with Crippen molar-refractivity contribution >= 4 is 34.7 Å². The molecule has 6 nitrogen and oxygen atoms in total. The second-order valence-corrected chi connectivity index (χ2v) is 5.64. The Kier molecular flexibility index (Phi) is 5.24.